The molecule has 0 bridgehead atoms. The molecule has 0 unspecified atom stereocenters. The van der Waals surface area contributed by atoms with Crippen LogP contribution in [0.1, 0.15) is 31.2 Å². The molecule has 1 aromatic rings. The van der Waals surface area contributed by atoms with Gasteiger partial charge in [0.15, 0.2) is 0 Å². The van der Waals surface area contributed by atoms with Gasteiger partial charge < -0.3 is 15.7 Å². The molecule has 0 spiro atoms. The van der Waals surface area contributed by atoms with E-state index in [0.717, 1.165) is 30.8 Å². The molecule has 3 N–H and O–H groups in total. The lowest BCUT2D eigenvalue weighted by atomic mass is 10.3. The Morgan fingerprint density at radius 2 is 2.12 bits per heavy atom. The van der Waals surface area contributed by atoms with Crippen molar-refractivity contribution in [2.75, 3.05) is 24.6 Å². The molecule has 1 aromatic heterocycles. The van der Waals surface area contributed by atoms with Gasteiger partial charge in [0.1, 0.15) is 0 Å². The van der Waals surface area contributed by atoms with E-state index in [2.05, 4.69) is 16.9 Å². The first kappa shape index (κ1) is 13.9. The highest BCUT2D eigenvalue weighted by Crippen LogP contribution is 2.11. The summed E-state index contributed by atoms with van der Waals surface area (Å²) in [6, 6.07) is 1.89. The van der Waals surface area contributed by atoms with E-state index in [4.69, 9.17) is 10.8 Å². The summed E-state index contributed by atoms with van der Waals surface area (Å²) < 4.78 is 0. The highest BCUT2D eigenvalue weighted by atomic mass is 16.3. The van der Waals surface area contributed by atoms with Gasteiger partial charge in [0, 0.05) is 25.3 Å². The third-order valence-corrected chi connectivity index (χ3v) is 2.54. The SMILES string of the molecule is CCCCN(CCO)c1nc(C)cc(CN)n1. The van der Waals surface area contributed by atoms with Crippen LogP contribution in [0.25, 0.3) is 0 Å². The topological polar surface area (TPSA) is 75.3 Å². The van der Waals surface area contributed by atoms with Crippen molar-refractivity contribution in [3.8, 4) is 0 Å². The summed E-state index contributed by atoms with van der Waals surface area (Å²) in [6.45, 7) is 6.02. The number of aliphatic hydroxyl groups excluding tert-OH is 1. The van der Waals surface area contributed by atoms with Gasteiger partial charge >= 0.3 is 0 Å². The molecule has 5 nitrogen and oxygen atoms in total. The van der Waals surface area contributed by atoms with Gasteiger partial charge in [0.25, 0.3) is 0 Å². The molecule has 1 rings (SSSR count). The summed E-state index contributed by atoms with van der Waals surface area (Å²) >= 11 is 0. The third kappa shape index (κ3) is 4.28. The number of unbranched alkanes of at least 4 members (excludes halogenated alkanes) is 1. The number of hydrogen-bond acceptors (Lipinski definition) is 5. The molecule has 0 saturated carbocycles. The second-order valence-electron chi connectivity index (χ2n) is 4.07. The molecule has 96 valence electrons. The molecular formula is C12H22N4O. The summed E-state index contributed by atoms with van der Waals surface area (Å²) in [5.41, 5.74) is 7.36. The van der Waals surface area contributed by atoms with Gasteiger partial charge in [0.05, 0.1) is 12.3 Å². The monoisotopic (exact) mass is 238 g/mol. The summed E-state index contributed by atoms with van der Waals surface area (Å²) in [6.07, 6.45) is 2.17. The fraction of sp³-hybridized carbons (Fsp3) is 0.667. The van der Waals surface area contributed by atoms with Crippen molar-refractivity contribution < 1.29 is 5.11 Å². The fourth-order valence-corrected chi connectivity index (χ4v) is 1.64. The predicted octanol–water partition coefficient (Wildman–Crippen LogP) is 0.843. The summed E-state index contributed by atoms with van der Waals surface area (Å²) in [5.74, 6) is 0.674. The van der Waals surface area contributed by atoms with Crippen LogP contribution in [-0.2, 0) is 6.54 Å². The van der Waals surface area contributed by atoms with Crippen molar-refractivity contribution in [3.05, 3.63) is 17.5 Å². The van der Waals surface area contributed by atoms with Crippen LogP contribution < -0.4 is 10.6 Å². The minimum absolute atomic E-state index is 0.110. The molecule has 0 amide bonds. The van der Waals surface area contributed by atoms with Crippen molar-refractivity contribution in [3.63, 3.8) is 0 Å². The maximum Gasteiger partial charge on any atom is 0.225 e. The minimum Gasteiger partial charge on any atom is -0.395 e. The van der Waals surface area contributed by atoms with Crippen LogP contribution >= 0.6 is 0 Å². The minimum atomic E-state index is 0.110. The molecule has 0 radical (unpaired) electrons. The van der Waals surface area contributed by atoms with Crippen LogP contribution in [-0.4, -0.2) is 34.8 Å². The second kappa shape index (κ2) is 7.19. The van der Waals surface area contributed by atoms with Crippen LogP contribution in [0.2, 0.25) is 0 Å². The van der Waals surface area contributed by atoms with Gasteiger partial charge in [-0.3, -0.25) is 0 Å². The molecule has 0 aliphatic heterocycles. The molecule has 0 aliphatic carbocycles. The lowest BCUT2D eigenvalue weighted by Crippen LogP contribution is -2.30. The highest BCUT2D eigenvalue weighted by molar-refractivity contribution is 5.32. The number of nitrogens with two attached hydrogens (primary N) is 1. The standard InChI is InChI=1S/C12H22N4O/c1-3-4-5-16(6-7-17)12-14-10(2)8-11(9-13)15-12/h8,17H,3-7,9,13H2,1-2H3. The zero-order valence-electron chi connectivity index (χ0n) is 10.7. The van der Waals surface area contributed by atoms with Crippen LogP contribution in [0.3, 0.4) is 0 Å². The van der Waals surface area contributed by atoms with Gasteiger partial charge in [-0.05, 0) is 19.4 Å². The van der Waals surface area contributed by atoms with Crippen molar-refractivity contribution in [2.45, 2.75) is 33.2 Å². The molecule has 0 atom stereocenters. The lowest BCUT2D eigenvalue weighted by molar-refractivity contribution is 0.301. The van der Waals surface area contributed by atoms with E-state index in [-0.39, 0.29) is 6.61 Å². The van der Waals surface area contributed by atoms with Crippen molar-refractivity contribution in [2.24, 2.45) is 5.73 Å². The molecular weight excluding hydrogens is 216 g/mol. The number of nitrogens with zero attached hydrogens (tertiary/aromatic N) is 3. The van der Waals surface area contributed by atoms with E-state index >= 15 is 0 Å². The summed E-state index contributed by atoms with van der Waals surface area (Å²) in [7, 11) is 0. The molecule has 5 heteroatoms. The molecule has 0 aromatic carbocycles. The Morgan fingerprint density at radius 3 is 2.71 bits per heavy atom. The number of aliphatic hydroxyl groups is 1. The maximum atomic E-state index is 9.07. The van der Waals surface area contributed by atoms with Crippen molar-refractivity contribution >= 4 is 5.95 Å². The number of hydrogen-bond donors (Lipinski definition) is 2. The van der Waals surface area contributed by atoms with Crippen LogP contribution in [0, 0.1) is 6.92 Å². The second-order valence-corrected chi connectivity index (χ2v) is 4.07. The van der Waals surface area contributed by atoms with Gasteiger partial charge in [-0.25, -0.2) is 9.97 Å². The van der Waals surface area contributed by atoms with E-state index in [1.165, 1.54) is 0 Å². The van der Waals surface area contributed by atoms with E-state index in [1.54, 1.807) is 0 Å². The highest BCUT2D eigenvalue weighted by Gasteiger charge is 2.10. The molecule has 17 heavy (non-hydrogen) atoms. The smallest absolute Gasteiger partial charge is 0.225 e. The fourth-order valence-electron chi connectivity index (χ4n) is 1.64. The Balaban J connectivity index is 2.87. The summed E-state index contributed by atoms with van der Waals surface area (Å²) in [5, 5.41) is 9.07. The molecule has 0 fully saturated rings. The Labute approximate surface area is 103 Å². The zero-order valence-corrected chi connectivity index (χ0v) is 10.7. The molecule has 1 heterocycles. The Bertz CT molecular complexity index is 343. The average molecular weight is 238 g/mol. The van der Waals surface area contributed by atoms with Crippen LogP contribution in [0.15, 0.2) is 6.07 Å². The first-order chi connectivity index (χ1) is 8.21. The molecule has 0 saturated heterocycles. The number of aromatic nitrogens is 2. The first-order valence-corrected chi connectivity index (χ1v) is 6.11. The zero-order chi connectivity index (χ0) is 12.7. The van der Waals surface area contributed by atoms with Gasteiger partial charge in [-0.15, -0.1) is 0 Å². The quantitative estimate of drug-likeness (QED) is 0.736. The number of anilines is 1. The van der Waals surface area contributed by atoms with Gasteiger partial charge in [0.2, 0.25) is 5.95 Å². The Hall–Kier alpha value is -1.20. The van der Waals surface area contributed by atoms with E-state index in [0.29, 0.717) is 19.0 Å². The summed E-state index contributed by atoms with van der Waals surface area (Å²) in [4.78, 5) is 10.8. The number of rotatable bonds is 7. The Morgan fingerprint density at radius 1 is 1.35 bits per heavy atom. The third-order valence-electron chi connectivity index (χ3n) is 2.54. The van der Waals surface area contributed by atoms with Gasteiger partial charge in [-0.2, -0.15) is 0 Å². The molecule has 0 aliphatic rings. The first-order valence-electron chi connectivity index (χ1n) is 6.11. The van der Waals surface area contributed by atoms with Crippen molar-refractivity contribution in [1.82, 2.24) is 9.97 Å². The van der Waals surface area contributed by atoms with Crippen LogP contribution in [0.5, 0.6) is 0 Å². The van der Waals surface area contributed by atoms with E-state index in [1.807, 2.05) is 17.9 Å². The van der Waals surface area contributed by atoms with E-state index in [9.17, 15) is 0 Å². The average Bonchev–Trinajstić information content (AvgIpc) is 2.33. The van der Waals surface area contributed by atoms with Crippen molar-refractivity contribution in [1.29, 1.82) is 0 Å². The maximum absolute atomic E-state index is 9.07. The largest absolute Gasteiger partial charge is 0.395 e. The predicted molar refractivity (Wildman–Crippen MR) is 68.9 cm³/mol. The Kier molecular flexibility index (Phi) is 5.86. The number of aryl methyl sites for hydroxylation is 1. The van der Waals surface area contributed by atoms with E-state index < -0.39 is 0 Å². The van der Waals surface area contributed by atoms with Crippen LogP contribution in [0.4, 0.5) is 5.95 Å². The van der Waals surface area contributed by atoms with Gasteiger partial charge in [-0.1, -0.05) is 13.3 Å². The lowest BCUT2D eigenvalue weighted by Gasteiger charge is -2.22. The normalized spacial score (nSPS) is 10.6.